The maximum atomic E-state index is 10.7. The molecule has 0 rings (SSSR count). The minimum absolute atomic E-state index is 0.0324. The molecule has 0 aromatic heterocycles. The van der Waals surface area contributed by atoms with Crippen LogP contribution < -0.4 is 0 Å². The summed E-state index contributed by atoms with van der Waals surface area (Å²) in [5.74, 6) is -0.124. The highest BCUT2D eigenvalue weighted by molar-refractivity contribution is 5.69. The van der Waals surface area contributed by atoms with Crippen molar-refractivity contribution >= 4 is 5.97 Å². The Morgan fingerprint density at radius 1 is 1.70 bits per heavy atom. The molecule has 0 aromatic rings. The highest BCUT2D eigenvalue weighted by Crippen LogP contribution is 2.01. The molecule has 0 amide bonds. The second-order valence-electron chi connectivity index (χ2n) is 2.30. The lowest BCUT2D eigenvalue weighted by Crippen LogP contribution is -2.13. The predicted molar refractivity (Wildman–Crippen MR) is 40.4 cm³/mol. The first-order chi connectivity index (χ1) is 4.70. The van der Waals surface area contributed by atoms with E-state index < -0.39 is 0 Å². The topological polar surface area (TPSA) is 26.3 Å². The van der Waals surface area contributed by atoms with Crippen molar-refractivity contribution < 1.29 is 9.53 Å². The van der Waals surface area contributed by atoms with E-state index in [0.717, 1.165) is 12.8 Å². The van der Waals surface area contributed by atoms with Crippen molar-refractivity contribution in [3.8, 4) is 0 Å². The molecular formula is C8H15O2. The molecule has 0 N–H and O–H groups in total. The highest BCUT2D eigenvalue weighted by atomic mass is 16.5. The van der Waals surface area contributed by atoms with Crippen LogP contribution in [0.2, 0.25) is 0 Å². The Morgan fingerprint density at radius 3 is 2.70 bits per heavy atom. The molecule has 0 heterocycles. The van der Waals surface area contributed by atoms with Crippen molar-refractivity contribution in [2.24, 2.45) is 0 Å². The van der Waals surface area contributed by atoms with E-state index in [-0.39, 0.29) is 12.1 Å². The monoisotopic (exact) mass is 143 g/mol. The van der Waals surface area contributed by atoms with E-state index in [2.05, 4.69) is 6.92 Å². The third kappa shape index (κ3) is 4.36. The van der Waals surface area contributed by atoms with E-state index in [1.165, 1.54) is 0 Å². The summed E-state index contributed by atoms with van der Waals surface area (Å²) >= 11 is 0. The molecule has 0 bridgehead atoms. The average molecular weight is 143 g/mol. The van der Waals surface area contributed by atoms with Gasteiger partial charge in [0.1, 0.15) is 0 Å². The zero-order valence-corrected chi connectivity index (χ0v) is 6.72. The van der Waals surface area contributed by atoms with Gasteiger partial charge in [-0.2, -0.15) is 0 Å². The summed E-state index contributed by atoms with van der Waals surface area (Å²) in [7, 11) is 0. The van der Waals surface area contributed by atoms with Crippen molar-refractivity contribution in [3.05, 3.63) is 6.92 Å². The summed E-state index contributed by atoms with van der Waals surface area (Å²) in [6.45, 7) is 7.35. The van der Waals surface area contributed by atoms with Crippen LogP contribution in [-0.2, 0) is 9.53 Å². The molecule has 0 saturated heterocycles. The molecule has 1 atom stereocenters. The fourth-order valence-corrected chi connectivity index (χ4v) is 0.654. The number of carbonyl (C=O) groups excluding carboxylic acids is 1. The molecule has 0 aliphatic heterocycles. The number of esters is 1. The van der Waals surface area contributed by atoms with Gasteiger partial charge in [-0.15, -0.1) is 0 Å². The predicted octanol–water partition coefficient (Wildman–Crippen LogP) is 1.94. The second kappa shape index (κ2) is 5.27. The van der Waals surface area contributed by atoms with Gasteiger partial charge in [-0.1, -0.05) is 13.8 Å². The minimum Gasteiger partial charge on any atom is -0.463 e. The van der Waals surface area contributed by atoms with Gasteiger partial charge >= 0.3 is 5.97 Å². The Morgan fingerprint density at radius 2 is 2.30 bits per heavy atom. The standard InChI is InChI=1S/C8H15O2/c1-4-6-7(3)10-8(9)5-2/h7H,1,4-6H2,2-3H3. The summed E-state index contributed by atoms with van der Waals surface area (Å²) < 4.78 is 4.96. The lowest BCUT2D eigenvalue weighted by atomic mass is 10.2. The van der Waals surface area contributed by atoms with E-state index in [0.29, 0.717) is 6.42 Å². The van der Waals surface area contributed by atoms with Gasteiger partial charge in [-0.25, -0.2) is 0 Å². The van der Waals surface area contributed by atoms with Crippen LogP contribution in [0.5, 0.6) is 0 Å². The summed E-state index contributed by atoms with van der Waals surface area (Å²) in [6, 6.07) is 0. The van der Waals surface area contributed by atoms with Crippen LogP contribution in [0.25, 0.3) is 0 Å². The lowest BCUT2D eigenvalue weighted by molar-refractivity contribution is -0.148. The van der Waals surface area contributed by atoms with Crippen LogP contribution in [0, 0.1) is 6.92 Å². The highest BCUT2D eigenvalue weighted by Gasteiger charge is 2.04. The average Bonchev–Trinajstić information content (AvgIpc) is 1.88. The van der Waals surface area contributed by atoms with Crippen LogP contribution in [0.15, 0.2) is 0 Å². The maximum absolute atomic E-state index is 10.7. The van der Waals surface area contributed by atoms with Crippen LogP contribution in [0.4, 0.5) is 0 Å². The second-order valence-corrected chi connectivity index (χ2v) is 2.30. The van der Waals surface area contributed by atoms with Crippen molar-refractivity contribution in [3.63, 3.8) is 0 Å². The Balaban J connectivity index is 3.37. The first-order valence-corrected chi connectivity index (χ1v) is 3.69. The summed E-state index contributed by atoms with van der Waals surface area (Å²) in [5, 5.41) is 0. The molecule has 10 heavy (non-hydrogen) atoms. The molecule has 0 saturated carbocycles. The molecule has 0 spiro atoms. The molecule has 1 unspecified atom stereocenters. The van der Waals surface area contributed by atoms with Crippen molar-refractivity contribution in [2.75, 3.05) is 0 Å². The van der Waals surface area contributed by atoms with Crippen molar-refractivity contribution in [2.45, 2.75) is 39.2 Å². The summed E-state index contributed by atoms with van der Waals surface area (Å²) in [5.41, 5.74) is 0. The van der Waals surface area contributed by atoms with E-state index in [1.54, 1.807) is 6.92 Å². The largest absolute Gasteiger partial charge is 0.463 e. The fraction of sp³-hybridized carbons (Fsp3) is 0.750. The molecule has 0 fully saturated rings. The number of rotatable bonds is 4. The van der Waals surface area contributed by atoms with Crippen molar-refractivity contribution in [1.29, 1.82) is 0 Å². The molecule has 0 aromatic carbocycles. The third-order valence-electron chi connectivity index (χ3n) is 1.23. The van der Waals surface area contributed by atoms with Gasteiger partial charge in [-0.3, -0.25) is 4.79 Å². The Hall–Kier alpha value is -0.530. The van der Waals surface area contributed by atoms with Crippen LogP contribution in [0.3, 0.4) is 0 Å². The molecule has 2 nitrogen and oxygen atoms in total. The van der Waals surface area contributed by atoms with E-state index in [9.17, 15) is 4.79 Å². The number of carbonyl (C=O) groups is 1. The Bertz CT molecular complexity index is 99.4. The number of hydrogen-bond donors (Lipinski definition) is 0. The normalized spacial score (nSPS) is 12.7. The van der Waals surface area contributed by atoms with E-state index >= 15 is 0 Å². The summed E-state index contributed by atoms with van der Waals surface area (Å²) in [4.78, 5) is 10.7. The van der Waals surface area contributed by atoms with Crippen molar-refractivity contribution in [1.82, 2.24) is 0 Å². The van der Waals surface area contributed by atoms with Crippen LogP contribution >= 0.6 is 0 Å². The van der Waals surface area contributed by atoms with Gasteiger partial charge in [0.15, 0.2) is 0 Å². The van der Waals surface area contributed by atoms with Crippen LogP contribution in [0.1, 0.15) is 33.1 Å². The van der Waals surface area contributed by atoms with Crippen LogP contribution in [-0.4, -0.2) is 12.1 Å². The molecule has 0 aliphatic carbocycles. The Kier molecular flexibility index (Phi) is 4.99. The first-order valence-electron chi connectivity index (χ1n) is 3.69. The van der Waals surface area contributed by atoms with Gasteiger partial charge in [-0.05, 0) is 19.8 Å². The third-order valence-corrected chi connectivity index (χ3v) is 1.23. The van der Waals surface area contributed by atoms with E-state index in [1.807, 2.05) is 6.92 Å². The molecule has 1 radical (unpaired) electrons. The van der Waals surface area contributed by atoms with Gasteiger partial charge in [0.05, 0.1) is 6.10 Å². The zero-order chi connectivity index (χ0) is 7.98. The van der Waals surface area contributed by atoms with Gasteiger partial charge in [0, 0.05) is 6.42 Å². The number of hydrogen-bond acceptors (Lipinski definition) is 2. The number of ether oxygens (including phenoxy) is 1. The molecule has 0 aliphatic rings. The van der Waals surface area contributed by atoms with Gasteiger partial charge in [0.2, 0.25) is 0 Å². The lowest BCUT2D eigenvalue weighted by Gasteiger charge is -2.10. The SMILES string of the molecule is [CH2]CCC(C)OC(=O)CC. The quantitative estimate of drug-likeness (QED) is 0.562. The minimum atomic E-state index is -0.124. The molecular weight excluding hydrogens is 128 g/mol. The molecule has 2 heteroatoms. The fourth-order valence-electron chi connectivity index (χ4n) is 0.654. The maximum Gasteiger partial charge on any atom is 0.305 e. The van der Waals surface area contributed by atoms with E-state index in [4.69, 9.17) is 4.74 Å². The van der Waals surface area contributed by atoms with Gasteiger partial charge in [0.25, 0.3) is 0 Å². The first kappa shape index (κ1) is 9.47. The summed E-state index contributed by atoms with van der Waals surface area (Å²) in [6.07, 6.45) is 2.16. The Labute approximate surface area is 62.6 Å². The zero-order valence-electron chi connectivity index (χ0n) is 6.72. The molecule has 59 valence electrons. The van der Waals surface area contributed by atoms with Gasteiger partial charge < -0.3 is 4.74 Å². The smallest absolute Gasteiger partial charge is 0.305 e.